The van der Waals surface area contributed by atoms with Crippen molar-refractivity contribution in [3.05, 3.63) is 24.5 Å². The van der Waals surface area contributed by atoms with Crippen molar-refractivity contribution in [2.45, 2.75) is 38.1 Å². The molecule has 84 valence electrons. The summed E-state index contributed by atoms with van der Waals surface area (Å²) in [6.45, 7) is 0. The van der Waals surface area contributed by atoms with Gasteiger partial charge in [0.25, 0.3) is 0 Å². The third kappa shape index (κ3) is 4.95. The lowest BCUT2D eigenvalue weighted by atomic mass is 9.95. The van der Waals surface area contributed by atoms with Crippen molar-refractivity contribution in [3.8, 4) is 0 Å². The van der Waals surface area contributed by atoms with Crippen LogP contribution in [0, 0.1) is 0 Å². The number of hydrogen-bond acceptors (Lipinski definition) is 0. The second-order valence-corrected chi connectivity index (χ2v) is 3.67. The fourth-order valence-electron chi connectivity index (χ4n) is 1.97. The zero-order chi connectivity index (χ0) is 11.1. The number of nitrogens with zero attached hydrogens (tertiary/aromatic N) is 1. The van der Waals surface area contributed by atoms with Gasteiger partial charge >= 0.3 is 7.54 Å². The van der Waals surface area contributed by atoms with Crippen LogP contribution in [0.2, 0.25) is 0 Å². The maximum atomic E-state index is 9.67. The molecule has 1 aliphatic carbocycles. The molecule has 0 bridgehead atoms. The monoisotopic (exact) mass is 217 g/mol. The lowest BCUT2D eigenvalue weighted by Gasteiger charge is -2.22. The van der Waals surface area contributed by atoms with E-state index in [-0.39, 0.29) is 0 Å². The zero-order valence-electron chi connectivity index (χ0n) is 8.58. The first-order valence-electron chi connectivity index (χ1n) is 5.25. The third-order valence-corrected chi connectivity index (χ3v) is 2.62. The molecule has 1 fully saturated rings. The molecule has 0 atom stereocenters. The van der Waals surface area contributed by atoms with Crippen LogP contribution in [0.5, 0.6) is 0 Å². The first kappa shape index (κ1) is 12.2. The molecule has 1 saturated carbocycles. The van der Waals surface area contributed by atoms with Crippen molar-refractivity contribution >= 4 is 7.54 Å². The van der Waals surface area contributed by atoms with Crippen LogP contribution < -0.4 is 0 Å². The van der Waals surface area contributed by atoms with Crippen molar-refractivity contribution in [1.82, 2.24) is 4.57 Å². The molecule has 1 aromatic rings. The Bertz CT molecular complexity index is 242. The molecule has 5 heteroatoms. The molecule has 1 aliphatic rings. The Labute approximate surface area is 88.5 Å². The summed E-state index contributed by atoms with van der Waals surface area (Å²) in [4.78, 5) is 0. The van der Waals surface area contributed by atoms with Gasteiger partial charge in [0.1, 0.15) is 0 Å². The van der Waals surface area contributed by atoms with E-state index in [1.54, 1.807) is 0 Å². The van der Waals surface area contributed by atoms with E-state index in [1.165, 1.54) is 32.1 Å². The first-order valence-corrected chi connectivity index (χ1v) is 5.25. The van der Waals surface area contributed by atoms with Gasteiger partial charge in [-0.15, -0.1) is 0 Å². The van der Waals surface area contributed by atoms with Gasteiger partial charge in [-0.25, -0.2) is 0 Å². The average Bonchev–Trinajstić information content (AvgIpc) is 2.71. The Morgan fingerprint density at radius 3 is 1.87 bits per heavy atom. The highest BCUT2D eigenvalue weighted by atomic mass is 19.4. The van der Waals surface area contributed by atoms with Crippen LogP contribution in [0.25, 0.3) is 0 Å². The van der Waals surface area contributed by atoms with Crippen LogP contribution in [0.15, 0.2) is 24.5 Å². The molecular formula is C10H15BF3N. The summed E-state index contributed by atoms with van der Waals surface area (Å²) < 4.78 is 31.4. The predicted molar refractivity (Wildman–Crippen MR) is 55.6 cm³/mol. The molecule has 0 unspecified atom stereocenters. The van der Waals surface area contributed by atoms with Crippen molar-refractivity contribution in [1.29, 1.82) is 0 Å². The second-order valence-electron chi connectivity index (χ2n) is 3.67. The van der Waals surface area contributed by atoms with E-state index in [2.05, 4.69) is 29.1 Å². The fourth-order valence-corrected chi connectivity index (χ4v) is 1.97. The summed E-state index contributed by atoms with van der Waals surface area (Å²) in [7, 11) is -3.67. The summed E-state index contributed by atoms with van der Waals surface area (Å²) in [6, 6.07) is 5.04. The van der Waals surface area contributed by atoms with E-state index in [0.717, 1.165) is 6.04 Å². The Kier molecular flexibility index (Phi) is 5.36. The minimum atomic E-state index is -3.67. The molecule has 0 aromatic carbocycles. The van der Waals surface area contributed by atoms with Gasteiger partial charge in [-0.1, -0.05) is 19.3 Å². The van der Waals surface area contributed by atoms with Gasteiger partial charge in [0, 0.05) is 18.4 Å². The minimum absolute atomic E-state index is 0.804. The van der Waals surface area contributed by atoms with Gasteiger partial charge in [-0.05, 0) is 25.0 Å². The van der Waals surface area contributed by atoms with Gasteiger partial charge < -0.3 is 4.57 Å². The van der Waals surface area contributed by atoms with E-state index in [0.29, 0.717) is 0 Å². The molecule has 0 saturated heterocycles. The lowest BCUT2D eigenvalue weighted by molar-refractivity contribution is 0.354. The molecule has 0 spiro atoms. The van der Waals surface area contributed by atoms with Gasteiger partial charge in [-0.2, -0.15) is 0 Å². The summed E-state index contributed by atoms with van der Waals surface area (Å²) in [6.07, 6.45) is 11.4. The molecule has 0 N–H and O–H groups in total. The fraction of sp³-hybridized carbons (Fsp3) is 0.600. The second kappa shape index (κ2) is 6.59. The summed E-state index contributed by atoms with van der Waals surface area (Å²) in [5, 5.41) is 0. The predicted octanol–water partition coefficient (Wildman–Crippen LogP) is 3.87. The molecule has 2 rings (SSSR count). The number of halogens is 3. The normalized spacial score (nSPS) is 16.7. The Hall–Kier alpha value is -0.865. The van der Waals surface area contributed by atoms with Crippen LogP contribution in [0.4, 0.5) is 12.9 Å². The van der Waals surface area contributed by atoms with Crippen molar-refractivity contribution in [2.24, 2.45) is 0 Å². The van der Waals surface area contributed by atoms with Crippen LogP contribution in [-0.2, 0) is 0 Å². The van der Waals surface area contributed by atoms with Gasteiger partial charge in [0.15, 0.2) is 0 Å². The first-order chi connectivity index (χ1) is 7.20. The number of aromatic nitrogens is 1. The minimum Gasteiger partial charge on any atom is -0.351 e. The maximum absolute atomic E-state index is 9.67. The SMILES string of the molecule is FB(F)F.c1ccn(C2CCCCC2)c1. The van der Waals surface area contributed by atoms with Crippen molar-refractivity contribution in [3.63, 3.8) is 0 Å². The highest BCUT2D eigenvalue weighted by molar-refractivity contribution is 6.33. The van der Waals surface area contributed by atoms with Gasteiger partial charge in [-0.3, -0.25) is 12.9 Å². The maximum Gasteiger partial charge on any atom is 0.762 e. The smallest absolute Gasteiger partial charge is 0.351 e. The molecule has 0 radical (unpaired) electrons. The van der Waals surface area contributed by atoms with E-state index in [1.807, 2.05) is 0 Å². The van der Waals surface area contributed by atoms with Crippen LogP contribution in [0.1, 0.15) is 38.1 Å². The Morgan fingerprint density at radius 1 is 0.933 bits per heavy atom. The quantitative estimate of drug-likeness (QED) is 0.629. The van der Waals surface area contributed by atoms with Crippen LogP contribution in [0.3, 0.4) is 0 Å². The molecule has 15 heavy (non-hydrogen) atoms. The average molecular weight is 217 g/mol. The van der Waals surface area contributed by atoms with E-state index in [4.69, 9.17) is 0 Å². The van der Waals surface area contributed by atoms with Crippen molar-refractivity contribution in [2.75, 3.05) is 0 Å². The summed E-state index contributed by atoms with van der Waals surface area (Å²) in [5.41, 5.74) is 0. The van der Waals surface area contributed by atoms with E-state index >= 15 is 0 Å². The van der Waals surface area contributed by atoms with Crippen molar-refractivity contribution < 1.29 is 12.9 Å². The molecule has 1 nitrogen and oxygen atoms in total. The Morgan fingerprint density at radius 2 is 1.40 bits per heavy atom. The zero-order valence-corrected chi connectivity index (χ0v) is 8.58. The molecule has 0 aliphatic heterocycles. The van der Waals surface area contributed by atoms with E-state index < -0.39 is 7.54 Å². The van der Waals surface area contributed by atoms with Gasteiger partial charge in [0.05, 0.1) is 0 Å². The highest BCUT2D eigenvalue weighted by Gasteiger charge is 2.13. The summed E-state index contributed by atoms with van der Waals surface area (Å²) in [5.74, 6) is 0. The standard InChI is InChI=1S/C10H15N.BF3/c1-2-6-10(7-3-1)11-8-4-5-9-11;2-1(3)4/h4-5,8-10H,1-3,6-7H2;. The van der Waals surface area contributed by atoms with E-state index in [9.17, 15) is 12.9 Å². The topological polar surface area (TPSA) is 4.93 Å². The largest absolute Gasteiger partial charge is 0.762 e. The number of hydrogen-bond donors (Lipinski definition) is 0. The van der Waals surface area contributed by atoms with Gasteiger partial charge in [0.2, 0.25) is 0 Å². The van der Waals surface area contributed by atoms with Crippen LogP contribution in [-0.4, -0.2) is 12.1 Å². The lowest BCUT2D eigenvalue weighted by Crippen LogP contribution is -2.10. The third-order valence-electron chi connectivity index (χ3n) is 2.62. The molecular weight excluding hydrogens is 202 g/mol. The van der Waals surface area contributed by atoms with Crippen LogP contribution >= 0.6 is 0 Å². The molecule has 0 amide bonds. The molecule has 1 heterocycles. The summed E-state index contributed by atoms with van der Waals surface area (Å²) >= 11 is 0. The Balaban J connectivity index is 0.000000245. The highest BCUT2D eigenvalue weighted by Crippen LogP contribution is 2.27. The number of rotatable bonds is 1. The molecule has 1 aromatic heterocycles.